The Morgan fingerprint density at radius 3 is 3.00 bits per heavy atom. The minimum absolute atomic E-state index is 0.123. The maximum Gasteiger partial charge on any atom is 0.240 e. The van der Waals surface area contributed by atoms with Gasteiger partial charge in [0.15, 0.2) is 0 Å². The maximum atomic E-state index is 12.4. The van der Waals surface area contributed by atoms with Crippen LogP contribution in [0, 0.1) is 0 Å². The largest absolute Gasteiger partial charge is 0.334 e. The number of thioether (sulfide) groups is 1. The standard InChI is InChI=1S/C13H20N2OS2/c1-17-6-5-12(14)13(16)15(11-2-3-11)8-10-4-7-18-9-10/h4,7,9,11-12H,2-3,5-6,8,14H2,1H3/t12-/m1/s1. The van der Waals surface area contributed by atoms with E-state index in [1.807, 2.05) is 11.2 Å². The first-order chi connectivity index (χ1) is 8.72. The van der Waals surface area contributed by atoms with Crippen molar-refractivity contribution in [3.63, 3.8) is 0 Å². The Morgan fingerprint density at radius 2 is 2.44 bits per heavy atom. The van der Waals surface area contributed by atoms with E-state index in [2.05, 4.69) is 16.8 Å². The zero-order valence-corrected chi connectivity index (χ0v) is 12.3. The third-order valence-electron chi connectivity index (χ3n) is 3.15. The Balaban J connectivity index is 1.94. The molecule has 0 saturated heterocycles. The predicted octanol–water partition coefficient (Wildman–Crippen LogP) is 2.32. The van der Waals surface area contributed by atoms with Crippen molar-refractivity contribution in [3.8, 4) is 0 Å². The molecule has 100 valence electrons. The molecule has 0 aliphatic heterocycles. The average Bonchev–Trinajstić information content (AvgIpc) is 3.09. The van der Waals surface area contributed by atoms with E-state index in [1.54, 1.807) is 23.1 Å². The van der Waals surface area contributed by atoms with Crippen LogP contribution in [0.2, 0.25) is 0 Å². The van der Waals surface area contributed by atoms with Gasteiger partial charge in [-0.05, 0) is 53.7 Å². The predicted molar refractivity (Wildman–Crippen MR) is 78.9 cm³/mol. The first-order valence-corrected chi connectivity index (χ1v) is 8.62. The van der Waals surface area contributed by atoms with Crippen LogP contribution in [0.5, 0.6) is 0 Å². The highest BCUT2D eigenvalue weighted by Gasteiger charge is 2.34. The lowest BCUT2D eigenvalue weighted by molar-refractivity contribution is -0.133. The molecule has 1 aromatic rings. The van der Waals surface area contributed by atoms with E-state index < -0.39 is 0 Å². The summed E-state index contributed by atoms with van der Waals surface area (Å²) in [5, 5.41) is 4.16. The fourth-order valence-corrected chi connectivity index (χ4v) is 3.08. The molecule has 0 unspecified atom stereocenters. The summed E-state index contributed by atoms with van der Waals surface area (Å²) in [6.07, 6.45) is 5.07. The zero-order valence-electron chi connectivity index (χ0n) is 10.7. The van der Waals surface area contributed by atoms with Crippen molar-refractivity contribution in [2.75, 3.05) is 12.0 Å². The molecule has 5 heteroatoms. The third-order valence-corrected chi connectivity index (χ3v) is 4.53. The number of carbonyl (C=O) groups is 1. The minimum Gasteiger partial charge on any atom is -0.334 e. The van der Waals surface area contributed by atoms with E-state index >= 15 is 0 Å². The summed E-state index contributed by atoms with van der Waals surface area (Å²) in [6.45, 7) is 0.722. The summed E-state index contributed by atoms with van der Waals surface area (Å²) in [7, 11) is 0. The van der Waals surface area contributed by atoms with Gasteiger partial charge in [-0.3, -0.25) is 4.79 Å². The van der Waals surface area contributed by atoms with Crippen LogP contribution in [0.25, 0.3) is 0 Å². The molecule has 0 spiro atoms. The van der Waals surface area contributed by atoms with Crippen LogP contribution in [-0.2, 0) is 11.3 Å². The van der Waals surface area contributed by atoms with Crippen molar-refractivity contribution in [2.24, 2.45) is 5.73 Å². The second-order valence-electron chi connectivity index (χ2n) is 4.72. The van der Waals surface area contributed by atoms with Gasteiger partial charge in [0.25, 0.3) is 0 Å². The van der Waals surface area contributed by atoms with Crippen molar-refractivity contribution in [2.45, 2.75) is 37.9 Å². The summed E-state index contributed by atoms with van der Waals surface area (Å²) in [5.41, 5.74) is 7.22. The van der Waals surface area contributed by atoms with E-state index in [-0.39, 0.29) is 11.9 Å². The summed E-state index contributed by atoms with van der Waals surface area (Å²) >= 11 is 3.41. The fourth-order valence-electron chi connectivity index (χ4n) is 1.93. The lowest BCUT2D eigenvalue weighted by Crippen LogP contribution is -2.44. The summed E-state index contributed by atoms with van der Waals surface area (Å²) in [4.78, 5) is 14.3. The minimum atomic E-state index is -0.336. The lowest BCUT2D eigenvalue weighted by atomic mass is 10.2. The molecule has 0 radical (unpaired) electrons. The van der Waals surface area contributed by atoms with Crippen LogP contribution in [-0.4, -0.2) is 34.9 Å². The van der Waals surface area contributed by atoms with Gasteiger partial charge in [0.2, 0.25) is 5.91 Å². The molecule has 1 atom stereocenters. The third kappa shape index (κ3) is 3.73. The number of thiophene rings is 1. The Bertz CT molecular complexity index is 376. The molecule has 2 N–H and O–H groups in total. The summed E-state index contributed by atoms with van der Waals surface area (Å²) < 4.78 is 0. The van der Waals surface area contributed by atoms with E-state index in [0.717, 1.165) is 31.6 Å². The molecule has 1 amide bonds. The van der Waals surface area contributed by atoms with Crippen molar-refractivity contribution >= 4 is 29.0 Å². The number of amides is 1. The van der Waals surface area contributed by atoms with Crippen LogP contribution in [0.15, 0.2) is 16.8 Å². The van der Waals surface area contributed by atoms with Crippen LogP contribution in [0.3, 0.4) is 0 Å². The molecular weight excluding hydrogens is 264 g/mol. The summed E-state index contributed by atoms with van der Waals surface area (Å²) in [5.74, 6) is 1.07. The molecule has 1 aliphatic rings. The molecule has 1 heterocycles. The molecular formula is C13H20N2OS2. The molecule has 3 nitrogen and oxygen atoms in total. The van der Waals surface area contributed by atoms with Gasteiger partial charge in [-0.15, -0.1) is 0 Å². The smallest absolute Gasteiger partial charge is 0.240 e. The molecule has 18 heavy (non-hydrogen) atoms. The molecule has 0 aromatic carbocycles. The van der Waals surface area contributed by atoms with Crippen molar-refractivity contribution in [1.29, 1.82) is 0 Å². The van der Waals surface area contributed by atoms with Crippen molar-refractivity contribution in [1.82, 2.24) is 4.90 Å². The fraction of sp³-hybridized carbons (Fsp3) is 0.615. The Hall–Kier alpha value is -0.520. The molecule has 1 fully saturated rings. The monoisotopic (exact) mass is 284 g/mol. The number of hydrogen-bond donors (Lipinski definition) is 1. The lowest BCUT2D eigenvalue weighted by Gasteiger charge is -2.25. The first-order valence-electron chi connectivity index (χ1n) is 6.28. The molecule has 1 saturated carbocycles. The van der Waals surface area contributed by atoms with Gasteiger partial charge in [-0.1, -0.05) is 0 Å². The maximum absolute atomic E-state index is 12.4. The van der Waals surface area contributed by atoms with Gasteiger partial charge in [-0.25, -0.2) is 0 Å². The molecule has 2 rings (SSSR count). The normalized spacial score (nSPS) is 16.6. The van der Waals surface area contributed by atoms with Gasteiger partial charge in [0, 0.05) is 12.6 Å². The number of carbonyl (C=O) groups excluding carboxylic acids is 1. The quantitative estimate of drug-likeness (QED) is 0.836. The molecule has 0 bridgehead atoms. The Labute approximate surface area is 117 Å². The van der Waals surface area contributed by atoms with Gasteiger partial charge in [-0.2, -0.15) is 23.1 Å². The zero-order chi connectivity index (χ0) is 13.0. The van der Waals surface area contributed by atoms with E-state index in [1.165, 1.54) is 5.56 Å². The average molecular weight is 284 g/mol. The van der Waals surface area contributed by atoms with Gasteiger partial charge in [0.05, 0.1) is 6.04 Å². The highest BCUT2D eigenvalue weighted by Crippen LogP contribution is 2.29. The first kappa shape index (κ1) is 13.9. The SMILES string of the molecule is CSCC[C@@H](N)C(=O)N(Cc1ccsc1)C1CC1. The highest BCUT2D eigenvalue weighted by atomic mass is 32.2. The van der Waals surface area contributed by atoms with Gasteiger partial charge in [0.1, 0.15) is 0 Å². The topological polar surface area (TPSA) is 46.3 Å². The van der Waals surface area contributed by atoms with E-state index in [9.17, 15) is 4.79 Å². The van der Waals surface area contributed by atoms with E-state index in [4.69, 9.17) is 5.73 Å². The van der Waals surface area contributed by atoms with Crippen molar-refractivity contribution in [3.05, 3.63) is 22.4 Å². The molecule has 1 aliphatic carbocycles. The molecule has 1 aromatic heterocycles. The Kier molecular flexibility index (Phi) is 5.09. The highest BCUT2D eigenvalue weighted by molar-refractivity contribution is 7.98. The van der Waals surface area contributed by atoms with Crippen LogP contribution >= 0.6 is 23.1 Å². The van der Waals surface area contributed by atoms with Crippen LogP contribution < -0.4 is 5.73 Å². The van der Waals surface area contributed by atoms with Gasteiger partial charge < -0.3 is 10.6 Å². The number of hydrogen-bond acceptors (Lipinski definition) is 4. The summed E-state index contributed by atoms with van der Waals surface area (Å²) in [6, 6.07) is 2.18. The number of nitrogens with two attached hydrogens (primary N) is 1. The van der Waals surface area contributed by atoms with Gasteiger partial charge >= 0.3 is 0 Å². The van der Waals surface area contributed by atoms with Crippen LogP contribution in [0.4, 0.5) is 0 Å². The van der Waals surface area contributed by atoms with E-state index in [0.29, 0.717) is 6.04 Å². The van der Waals surface area contributed by atoms with Crippen LogP contribution in [0.1, 0.15) is 24.8 Å². The van der Waals surface area contributed by atoms with Crippen molar-refractivity contribution < 1.29 is 4.79 Å². The number of nitrogens with zero attached hydrogens (tertiary/aromatic N) is 1. The Morgan fingerprint density at radius 1 is 1.67 bits per heavy atom. The second kappa shape index (κ2) is 6.59. The number of rotatable bonds is 7. The second-order valence-corrected chi connectivity index (χ2v) is 6.48.